The predicted octanol–water partition coefficient (Wildman–Crippen LogP) is 2.07. The number of benzene rings is 1. The summed E-state index contributed by atoms with van der Waals surface area (Å²) in [7, 11) is 0. The number of carboxylic acid groups (broad SMARTS) is 1. The van der Waals surface area contributed by atoms with Crippen molar-refractivity contribution in [2.45, 2.75) is 31.2 Å². The second-order valence-electron chi connectivity index (χ2n) is 4.63. The Bertz CT molecular complexity index is 497. The molecule has 0 aromatic heterocycles. The monoisotopic (exact) mass is 311 g/mol. The van der Waals surface area contributed by atoms with Gasteiger partial charge in [0, 0.05) is 4.47 Å². The van der Waals surface area contributed by atoms with Crippen LogP contribution in [0.3, 0.4) is 0 Å². The van der Waals surface area contributed by atoms with E-state index < -0.39 is 17.4 Å². The first-order chi connectivity index (χ1) is 8.45. The molecule has 1 saturated carbocycles. The third-order valence-electron chi connectivity index (χ3n) is 3.28. The van der Waals surface area contributed by atoms with Crippen molar-refractivity contribution in [1.29, 1.82) is 0 Å². The van der Waals surface area contributed by atoms with E-state index in [1.165, 1.54) is 6.92 Å². The van der Waals surface area contributed by atoms with Crippen LogP contribution in [0.2, 0.25) is 0 Å². The van der Waals surface area contributed by atoms with Gasteiger partial charge in [-0.25, -0.2) is 0 Å². The van der Waals surface area contributed by atoms with Crippen molar-refractivity contribution in [3.63, 3.8) is 0 Å². The van der Waals surface area contributed by atoms with E-state index in [0.29, 0.717) is 0 Å². The molecule has 1 aliphatic carbocycles. The molecule has 0 unspecified atom stereocenters. The number of rotatable bonds is 4. The van der Waals surface area contributed by atoms with Crippen molar-refractivity contribution in [3.05, 3.63) is 34.3 Å². The number of carbonyl (C=O) groups is 2. The Hall–Kier alpha value is -1.36. The third-order valence-corrected chi connectivity index (χ3v) is 3.77. The van der Waals surface area contributed by atoms with E-state index in [0.717, 1.165) is 22.9 Å². The van der Waals surface area contributed by atoms with Gasteiger partial charge in [0.1, 0.15) is 6.04 Å². The highest BCUT2D eigenvalue weighted by molar-refractivity contribution is 9.10. The minimum Gasteiger partial charge on any atom is -0.480 e. The van der Waals surface area contributed by atoms with Gasteiger partial charge < -0.3 is 10.4 Å². The Morgan fingerprint density at radius 2 is 2.11 bits per heavy atom. The van der Waals surface area contributed by atoms with E-state index in [9.17, 15) is 9.59 Å². The smallest absolute Gasteiger partial charge is 0.325 e. The standard InChI is InChI=1S/C13H14BrNO3/c1-8(11(16)17)15-12(18)13(5-6-13)9-3-2-4-10(14)7-9/h2-4,7-8H,5-6H2,1H3,(H,15,18)(H,16,17)/t8-/m1/s1. The molecule has 0 aliphatic heterocycles. The fourth-order valence-electron chi connectivity index (χ4n) is 1.95. The van der Waals surface area contributed by atoms with Crippen molar-refractivity contribution in [3.8, 4) is 0 Å². The van der Waals surface area contributed by atoms with Gasteiger partial charge in [-0.2, -0.15) is 0 Å². The molecule has 0 saturated heterocycles. The zero-order chi connectivity index (χ0) is 13.3. The van der Waals surface area contributed by atoms with E-state index in [4.69, 9.17) is 5.11 Å². The van der Waals surface area contributed by atoms with Crippen LogP contribution in [0, 0.1) is 0 Å². The Balaban J connectivity index is 2.17. The molecule has 0 heterocycles. The summed E-state index contributed by atoms with van der Waals surface area (Å²) in [4.78, 5) is 22.9. The fourth-order valence-corrected chi connectivity index (χ4v) is 2.35. The number of carbonyl (C=O) groups excluding carboxylic acids is 1. The van der Waals surface area contributed by atoms with Crippen LogP contribution >= 0.6 is 15.9 Å². The molecule has 18 heavy (non-hydrogen) atoms. The maximum absolute atomic E-state index is 12.2. The lowest BCUT2D eigenvalue weighted by Crippen LogP contribution is -2.43. The molecule has 1 aromatic rings. The molecule has 0 radical (unpaired) electrons. The molecular formula is C13H14BrNO3. The number of amides is 1. The first-order valence-corrected chi connectivity index (χ1v) is 6.55. The van der Waals surface area contributed by atoms with Gasteiger partial charge in [0.2, 0.25) is 5.91 Å². The summed E-state index contributed by atoms with van der Waals surface area (Å²) in [5.41, 5.74) is 0.403. The topological polar surface area (TPSA) is 66.4 Å². The van der Waals surface area contributed by atoms with Gasteiger partial charge in [0.25, 0.3) is 0 Å². The van der Waals surface area contributed by atoms with Gasteiger partial charge in [-0.15, -0.1) is 0 Å². The van der Waals surface area contributed by atoms with Crippen LogP contribution in [0.1, 0.15) is 25.3 Å². The molecule has 4 nitrogen and oxygen atoms in total. The average Bonchev–Trinajstić information content (AvgIpc) is 3.09. The predicted molar refractivity (Wildman–Crippen MR) is 70.3 cm³/mol. The van der Waals surface area contributed by atoms with Crippen LogP contribution < -0.4 is 5.32 Å². The van der Waals surface area contributed by atoms with Crippen molar-refractivity contribution in [1.82, 2.24) is 5.32 Å². The normalized spacial score (nSPS) is 17.9. The van der Waals surface area contributed by atoms with Gasteiger partial charge in [0.05, 0.1) is 5.41 Å². The molecule has 1 fully saturated rings. The maximum atomic E-state index is 12.2. The first-order valence-electron chi connectivity index (χ1n) is 5.75. The highest BCUT2D eigenvalue weighted by Gasteiger charge is 2.51. The summed E-state index contributed by atoms with van der Waals surface area (Å²) in [6.45, 7) is 1.47. The van der Waals surface area contributed by atoms with Crippen LogP contribution in [0.5, 0.6) is 0 Å². The fraction of sp³-hybridized carbons (Fsp3) is 0.385. The number of nitrogens with one attached hydrogen (secondary N) is 1. The molecular weight excluding hydrogens is 298 g/mol. The van der Waals surface area contributed by atoms with Crippen molar-refractivity contribution in [2.24, 2.45) is 0 Å². The summed E-state index contributed by atoms with van der Waals surface area (Å²) in [6, 6.07) is 6.74. The second kappa shape index (κ2) is 4.72. The van der Waals surface area contributed by atoms with Crippen LogP contribution in [0.25, 0.3) is 0 Å². The number of aliphatic carboxylic acids is 1. The van der Waals surface area contributed by atoms with Crippen molar-refractivity contribution >= 4 is 27.8 Å². The lowest BCUT2D eigenvalue weighted by atomic mass is 9.95. The Labute approximate surface area is 114 Å². The molecule has 0 bridgehead atoms. The molecule has 5 heteroatoms. The van der Waals surface area contributed by atoms with Crippen molar-refractivity contribution < 1.29 is 14.7 Å². The first kappa shape index (κ1) is 13.1. The second-order valence-corrected chi connectivity index (χ2v) is 5.54. The summed E-state index contributed by atoms with van der Waals surface area (Å²) in [5.74, 6) is -1.22. The van der Waals surface area contributed by atoms with Gasteiger partial charge in [-0.3, -0.25) is 9.59 Å². The number of hydrogen-bond donors (Lipinski definition) is 2. The average molecular weight is 312 g/mol. The summed E-state index contributed by atoms with van der Waals surface area (Å²) in [6.07, 6.45) is 1.53. The summed E-state index contributed by atoms with van der Waals surface area (Å²) >= 11 is 3.38. The molecule has 1 aliphatic rings. The minimum absolute atomic E-state index is 0.199. The summed E-state index contributed by atoms with van der Waals surface area (Å²) < 4.78 is 0.922. The van der Waals surface area contributed by atoms with E-state index in [2.05, 4.69) is 21.2 Å². The van der Waals surface area contributed by atoms with Crippen LogP contribution in [-0.2, 0) is 15.0 Å². The van der Waals surface area contributed by atoms with Crippen LogP contribution in [0.15, 0.2) is 28.7 Å². The maximum Gasteiger partial charge on any atom is 0.325 e. The largest absolute Gasteiger partial charge is 0.480 e. The summed E-state index contributed by atoms with van der Waals surface area (Å²) in [5, 5.41) is 11.4. The highest BCUT2D eigenvalue weighted by atomic mass is 79.9. The van der Waals surface area contributed by atoms with E-state index >= 15 is 0 Å². The van der Waals surface area contributed by atoms with Gasteiger partial charge in [-0.1, -0.05) is 28.1 Å². The van der Waals surface area contributed by atoms with Gasteiger partial charge in [0.15, 0.2) is 0 Å². The van der Waals surface area contributed by atoms with E-state index in [1.54, 1.807) is 0 Å². The Morgan fingerprint density at radius 3 is 2.61 bits per heavy atom. The Morgan fingerprint density at radius 1 is 1.44 bits per heavy atom. The molecule has 0 spiro atoms. The molecule has 1 atom stereocenters. The quantitative estimate of drug-likeness (QED) is 0.894. The van der Waals surface area contributed by atoms with E-state index in [1.807, 2.05) is 24.3 Å². The van der Waals surface area contributed by atoms with Crippen LogP contribution in [0.4, 0.5) is 0 Å². The highest BCUT2D eigenvalue weighted by Crippen LogP contribution is 2.48. The van der Waals surface area contributed by atoms with Crippen LogP contribution in [-0.4, -0.2) is 23.0 Å². The van der Waals surface area contributed by atoms with Gasteiger partial charge >= 0.3 is 5.97 Å². The van der Waals surface area contributed by atoms with Crippen molar-refractivity contribution in [2.75, 3.05) is 0 Å². The Kier molecular flexibility index (Phi) is 3.43. The SMILES string of the molecule is C[C@@H](NC(=O)C1(c2cccc(Br)c2)CC1)C(=O)O. The molecule has 2 N–H and O–H groups in total. The van der Waals surface area contributed by atoms with Gasteiger partial charge in [-0.05, 0) is 37.5 Å². The lowest BCUT2D eigenvalue weighted by Gasteiger charge is -2.18. The van der Waals surface area contributed by atoms with E-state index in [-0.39, 0.29) is 5.91 Å². The molecule has 1 amide bonds. The third kappa shape index (κ3) is 2.41. The molecule has 2 rings (SSSR count). The number of carboxylic acids is 1. The number of hydrogen-bond acceptors (Lipinski definition) is 2. The zero-order valence-corrected chi connectivity index (χ0v) is 11.5. The molecule has 1 aromatic carbocycles. The number of halogens is 1. The lowest BCUT2D eigenvalue weighted by molar-refractivity contribution is -0.141. The molecule has 96 valence electrons. The minimum atomic E-state index is -1.02. The zero-order valence-electron chi connectivity index (χ0n) is 9.94.